The van der Waals surface area contributed by atoms with Crippen molar-refractivity contribution >= 4 is 22.7 Å². The topological polar surface area (TPSA) is 73.8 Å². The van der Waals surface area contributed by atoms with E-state index in [4.69, 9.17) is 5.11 Å². The fraction of sp³-hybridized carbons (Fsp3) is 0.100. The average molecular weight is 330 g/mol. The first-order valence-electron chi connectivity index (χ1n) is 8.20. The van der Waals surface area contributed by atoms with E-state index in [1.807, 2.05) is 54.9 Å². The van der Waals surface area contributed by atoms with Gasteiger partial charge in [-0.25, -0.2) is 4.98 Å². The highest BCUT2D eigenvalue weighted by Crippen LogP contribution is 2.27. The van der Waals surface area contributed by atoms with Crippen LogP contribution in [0.25, 0.3) is 22.2 Å². The van der Waals surface area contributed by atoms with Crippen molar-refractivity contribution in [1.29, 1.82) is 0 Å². The van der Waals surface area contributed by atoms with Gasteiger partial charge in [0.2, 0.25) is 5.95 Å². The van der Waals surface area contributed by atoms with Crippen LogP contribution in [0.5, 0.6) is 0 Å². The number of anilines is 2. The summed E-state index contributed by atoms with van der Waals surface area (Å²) in [6.45, 7) is 0.156. The number of rotatable bonds is 5. The Bertz CT molecular complexity index is 978. The first kappa shape index (κ1) is 15.4. The van der Waals surface area contributed by atoms with Crippen molar-refractivity contribution in [2.45, 2.75) is 6.42 Å². The summed E-state index contributed by atoms with van der Waals surface area (Å²) in [4.78, 5) is 12.2. The zero-order chi connectivity index (χ0) is 17.1. The predicted octanol–water partition coefficient (Wildman–Crippen LogP) is 3.90. The molecule has 0 saturated heterocycles. The monoisotopic (exact) mass is 330 g/mol. The Morgan fingerprint density at radius 1 is 1.00 bits per heavy atom. The van der Waals surface area contributed by atoms with Crippen molar-refractivity contribution in [3.63, 3.8) is 0 Å². The maximum absolute atomic E-state index is 8.97. The number of nitrogens with one attached hydrogen (secondary N) is 2. The molecule has 2 aromatic heterocycles. The standard InChI is InChI=1S/C20H18N4O/c25-11-10-14-6-8-16(9-7-14)23-20-22-13-18-17(12-21-19(18)24-20)15-4-2-1-3-5-15/h1-9,12-13,25H,10-11H2,(H2,21,22,23,24). The molecule has 124 valence electrons. The summed E-state index contributed by atoms with van der Waals surface area (Å²) in [6.07, 6.45) is 4.46. The molecule has 0 unspecified atom stereocenters. The molecule has 0 atom stereocenters. The van der Waals surface area contributed by atoms with Gasteiger partial charge in [0.25, 0.3) is 0 Å². The molecule has 0 aliphatic carbocycles. The Labute approximate surface area is 145 Å². The average Bonchev–Trinajstić information content (AvgIpc) is 3.07. The van der Waals surface area contributed by atoms with Crippen LogP contribution < -0.4 is 5.32 Å². The van der Waals surface area contributed by atoms with Crippen LogP contribution in [0.4, 0.5) is 11.6 Å². The van der Waals surface area contributed by atoms with E-state index < -0.39 is 0 Å². The summed E-state index contributed by atoms with van der Waals surface area (Å²) < 4.78 is 0. The number of benzene rings is 2. The molecule has 5 heteroatoms. The molecule has 0 saturated carbocycles. The molecular formula is C20H18N4O. The van der Waals surface area contributed by atoms with Crippen LogP contribution >= 0.6 is 0 Å². The first-order valence-corrected chi connectivity index (χ1v) is 8.20. The molecular weight excluding hydrogens is 312 g/mol. The van der Waals surface area contributed by atoms with Crippen LogP contribution in [0.1, 0.15) is 5.56 Å². The molecule has 3 N–H and O–H groups in total. The van der Waals surface area contributed by atoms with Gasteiger partial charge < -0.3 is 15.4 Å². The molecule has 0 fully saturated rings. The normalized spacial score (nSPS) is 10.9. The van der Waals surface area contributed by atoms with E-state index in [9.17, 15) is 0 Å². The number of H-pyrrole nitrogens is 1. The third-order valence-electron chi connectivity index (χ3n) is 4.13. The SMILES string of the molecule is OCCc1ccc(Nc2ncc3c(-c4ccccc4)c[nH]c3n2)cc1. The molecule has 0 aliphatic heterocycles. The zero-order valence-electron chi connectivity index (χ0n) is 13.6. The summed E-state index contributed by atoms with van der Waals surface area (Å²) in [5.74, 6) is 0.545. The first-order chi connectivity index (χ1) is 12.3. The highest BCUT2D eigenvalue weighted by atomic mass is 16.2. The molecule has 0 amide bonds. The Morgan fingerprint density at radius 2 is 1.80 bits per heavy atom. The maximum atomic E-state index is 8.97. The van der Waals surface area contributed by atoms with Crippen LogP contribution in [0.3, 0.4) is 0 Å². The largest absolute Gasteiger partial charge is 0.396 e. The van der Waals surface area contributed by atoms with Crippen LogP contribution in [-0.4, -0.2) is 26.7 Å². The zero-order valence-corrected chi connectivity index (χ0v) is 13.6. The molecule has 25 heavy (non-hydrogen) atoms. The minimum Gasteiger partial charge on any atom is -0.396 e. The fourth-order valence-electron chi connectivity index (χ4n) is 2.84. The van der Waals surface area contributed by atoms with E-state index in [0.29, 0.717) is 12.4 Å². The van der Waals surface area contributed by atoms with E-state index in [-0.39, 0.29) is 6.61 Å². The lowest BCUT2D eigenvalue weighted by molar-refractivity contribution is 0.299. The van der Waals surface area contributed by atoms with Crippen molar-refractivity contribution < 1.29 is 5.11 Å². The van der Waals surface area contributed by atoms with Crippen molar-refractivity contribution in [1.82, 2.24) is 15.0 Å². The minimum absolute atomic E-state index is 0.156. The number of nitrogens with zero attached hydrogens (tertiary/aromatic N) is 2. The molecule has 2 aromatic carbocycles. The molecule has 4 rings (SSSR count). The Balaban J connectivity index is 1.59. The van der Waals surface area contributed by atoms with Crippen molar-refractivity contribution in [2.24, 2.45) is 0 Å². The van der Waals surface area contributed by atoms with Gasteiger partial charge in [0, 0.05) is 35.6 Å². The number of hydrogen-bond acceptors (Lipinski definition) is 4. The molecule has 0 aliphatic rings. The summed E-state index contributed by atoms with van der Waals surface area (Å²) in [5.41, 5.74) is 5.04. The van der Waals surface area contributed by atoms with Gasteiger partial charge in [0.1, 0.15) is 5.65 Å². The van der Waals surface area contributed by atoms with Gasteiger partial charge in [-0.3, -0.25) is 0 Å². The summed E-state index contributed by atoms with van der Waals surface area (Å²) in [7, 11) is 0. The second kappa shape index (κ2) is 6.75. The Kier molecular flexibility index (Phi) is 4.14. The van der Waals surface area contributed by atoms with Crippen LogP contribution in [0.2, 0.25) is 0 Å². The van der Waals surface area contributed by atoms with Gasteiger partial charge in [-0.1, -0.05) is 42.5 Å². The lowest BCUT2D eigenvalue weighted by Gasteiger charge is -2.06. The van der Waals surface area contributed by atoms with E-state index in [0.717, 1.165) is 33.4 Å². The van der Waals surface area contributed by atoms with Gasteiger partial charge in [0.05, 0.1) is 0 Å². The molecule has 4 aromatic rings. The molecule has 0 radical (unpaired) electrons. The summed E-state index contributed by atoms with van der Waals surface area (Å²) in [6, 6.07) is 18.1. The van der Waals surface area contributed by atoms with Crippen LogP contribution in [0, 0.1) is 0 Å². The van der Waals surface area contributed by atoms with Gasteiger partial charge in [-0.05, 0) is 29.7 Å². The van der Waals surface area contributed by atoms with E-state index in [2.05, 4.69) is 32.4 Å². The molecule has 5 nitrogen and oxygen atoms in total. The second-order valence-corrected chi connectivity index (χ2v) is 5.82. The van der Waals surface area contributed by atoms with Gasteiger partial charge in [-0.15, -0.1) is 0 Å². The van der Waals surface area contributed by atoms with Crippen LogP contribution in [-0.2, 0) is 6.42 Å². The molecule has 0 bridgehead atoms. The van der Waals surface area contributed by atoms with Crippen LogP contribution in [0.15, 0.2) is 67.0 Å². The number of fused-ring (bicyclic) bond motifs is 1. The fourth-order valence-corrected chi connectivity index (χ4v) is 2.84. The van der Waals surface area contributed by atoms with E-state index >= 15 is 0 Å². The van der Waals surface area contributed by atoms with Gasteiger partial charge >= 0.3 is 0 Å². The lowest BCUT2D eigenvalue weighted by atomic mass is 10.1. The number of aliphatic hydroxyl groups is 1. The number of aromatic amines is 1. The van der Waals surface area contributed by atoms with E-state index in [1.165, 1.54) is 0 Å². The second-order valence-electron chi connectivity index (χ2n) is 5.82. The quantitative estimate of drug-likeness (QED) is 0.519. The van der Waals surface area contributed by atoms with E-state index in [1.54, 1.807) is 0 Å². The molecule has 2 heterocycles. The highest BCUT2D eigenvalue weighted by molar-refractivity contribution is 5.93. The number of aromatic nitrogens is 3. The van der Waals surface area contributed by atoms with Crippen molar-refractivity contribution in [3.05, 3.63) is 72.6 Å². The minimum atomic E-state index is 0.156. The van der Waals surface area contributed by atoms with Gasteiger partial charge in [0.15, 0.2) is 0 Å². The van der Waals surface area contributed by atoms with Crippen molar-refractivity contribution in [2.75, 3.05) is 11.9 Å². The Hall–Kier alpha value is -3.18. The number of aliphatic hydroxyl groups excluding tert-OH is 1. The predicted molar refractivity (Wildman–Crippen MR) is 99.8 cm³/mol. The lowest BCUT2D eigenvalue weighted by Crippen LogP contribution is -1.97. The number of hydrogen-bond donors (Lipinski definition) is 3. The molecule has 0 spiro atoms. The highest BCUT2D eigenvalue weighted by Gasteiger charge is 2.08. The summed E-state index contributed by atoms with van der Waals surface area (Å²) in [5, 5.41) is 13.2. The Morgan fingerprint density at radius 3 is 2.56 bits per heavy atom. The smallest absolute Gasteiger partial charge is 0.229 e. The maximum Gasteiger partial charge on any atom is 0.229 e. The van der Waals surface area contributed by atoms with Gasteiger partial charge in [-0.2, -0.15) is 4.98 Å². The van der Waals surface area contributed by atoms with Crippen molar-refractivity contribution in [3.8, 4) is 11.1 Å². The third kappa shape index (κ3) is 3.22. The summed E-state index contributed by atoms with van der Waals surface area (Å²) >= 11 is 0. The third-order valence-corrected chi connectivity index (χ3v) is 4.13.